The third-order valence-corrected chi connectivity index (χ3v) is 4.40. The SMILES string of the molecule is N[C@H]1CCCN(c2ccncc2Nc2nnc3ccccn23)C1.O=C(O)C(F)(F)F. The lowest BCUT2D eigenvalue weighted by atomic mass is 10.1. The number of piperidine rings is 1. The average Bonchev–Trinajstić information content (AvgIpc) is 3.11. The van der Waals surface area contributed by atoms with Gasteiger partial charge in [-0.05, 0) is 31.0 Å². The second-order valence-electron chi connectivity index (χ2n) is 6.62. The first-order valence-corrected chi connectivity index (χ1v) is 9.07. The van der Waals surface area contributed by atoms with Crippen molar-refractivity contribution in [3.05, 3.63) is 42.9 Å². The third-order valence-electron chi connectivity index (χ3n) is 4.40. The smallest absolute Gasteiger partial charge is 0.475 e. The molecule has 9 nitrogen and oxygen atoms in total. The summed E-state index contributed by atoms with van der Waals surface area (Å²) in [5, 5.41) is 18.9. The molecule has 4 N–H and O–H groups in total. The Morgan fingerprint density at radius 2 is 2.03 bits per heavy atom. The average molecular weight is 423 g/mol. The maximum atomic E-state index is 10.6. The van der Waals surface area contributed by atoms with Crippen LogP contribution in [0.3, 0.4) is 0 Å². The topological polar surface area (TPSA) is 122 Å². The monoisotopic (exact) mass is 423 g/mol. The molecule has 0 amide bonds. The van der Waals surface area contributed by atoms with Crippen molar-refractivity contribution in [2.75, 3.05) is 23.3 Å². The number of carboxylic acid groups (broad SMARTS) is 1. The van der Waals surface area contributed by atoms with Gasteiger partial charge >= 0.3 is 12.1 Å². The predicted octanol–water partition coefficient (Wildman–Crippen LogP) is 2.43. The lowest BCUT2D eigenvalue weighted by Crippen LogP contribution is -2.43. The van der Waals surface area contributed by atoms with Gasteiger partial charge < -0.3 is 21.1 Å². The van der Waals surface area contributed by atoms with Crippen LogP contribution in [0.1, 0.15) is 12.8 Å². The molecule has 3 aromatic rings. The van der Waals surface area contributed by atoms with Crippen molar-refractivity contribution in [2.45, 2.75) is 25.1 Å². The number of aromatic nitrogens is 4. The highest BCUT2D eigenvalue weighted by molar-refractivity contribution is 5.73. The van der Waals surface area contributed by atoms with Gasteiger partial charge in [-0.25, -0.2) is 4.79 Å². The summed E-state index contributed by atoms with van der Waals surface area (Å²) in [5.74, 6) is -2.08. The van der Waals surface area contributed by atoms with Crippen LogP contribution >= 0.6 is 0 Å². The van der Waals surface area contributed by atoms with E-state index in [0.29, 0.717) is 5.95 Å². The number of nitrogens with two attached hydrogens (primary N) is 1. The van der Waals surface area contributed by atoms with Crippen molar-refractivity contribution >= 4 is 28.9 Å². The van der Waals surface area contributed by atoms with Gasteiger partial charge in [0.2, 0.25) is 5.95 Å². The number of nitrogens with one attached hydrogen (secondary N) is 1. The van der Waals surface area contributed by atoms with Crippen molar-refractivity contribution in [2.24, 2.45) is 5.73 Å². The molecule has 1 aliphatic heterocycles. The first kappa shape index (κ1) is 21.3. The van der Waals surface area contributed by atoms with E-state index in [1.165, 1.54) is 0 Å². The largest absolute Gasteiger partial charge is 0.490 e. The fourth-order valence-electron chi connectivity index (χ4n) is 3.04. The van der Waals surface area contributed by atoms with Gasteiger partial charge in [-0.1, -0.05) is 6.07 Å². The summed E-state index contributed by atoms with van der Waals surface area (Å²) >= 11 is 0. The van der Waals surface area contributed by atoms with E-state index in [2.05, 4.69) is 25.4 Å². The number of alkyl halides is 3. The number of hydrogen-bond acceptors (Lipinski definition) is 7. The second kappa shape index (κ2) is 8.95. The standard InChI is InChI=1S/C16H19N7.C2HF3O2/c17-12-4-3-8-22(11-12)14-6-7-18-10-13(14)19-16-21-20-15-5-1-2-9-23(15)16;3-2(4,5)1(6)7/h1-2,5-7,9-10,12H,3-4,8,11,17H2,(H,19,21);(H,6,7)/t12-;/m0./s1. The lowest BCUT2D eigenvalue weighted by molar-refractivity contribution is -0.192. The van der Waals surface area contributed by atoms with Crippen LogP contribution in [0, 0.1) is 0 Å². The molecule has 0 bridgehead atoms. The van der Waals surface area contributed by atoms with Gasteiger partial charge in [0, 0.05) is 31.5 Å². The van der Waals surface area contributed by atoms with E-state index < -0.39 is 12.1 Å². The zero-order chi connectivity index (χ0) is 21.7. The Morgan fingerprint density at radius 1 is 1.27 bits per heavy atom. The highest BCUT2D eigenvalue weighted by atomic mass is 19.4. The summed E-state index contributed by atoms with van der Waals surface area (Å²) in [6.07, 6.45) is 2.67. The van der Waals surface area contributed by atoms with Crippen LogP contribution in [0.15, 0.2) is 42.9 Å². The predicted molar refractivity (Wildman–Crippen MR) is 104 cm³/mol. The Labute approximate surface area is 169 Å². The molecule has 0 saturated carbocycles. The highest BCUT2D eigenvalue weighted by Crippen LogP contribution is 2.29. The van der Waals surface area contributed by atoms with E-state index in [1.54, 1.807) is 0 Å². The van der Waals surface area contributed by atoms with Crippen molar-refractivity contribution in [1.82, 2.24) is 19.6 Å². The van der Waals surface area contributed by atoms with E-state index >= 15 is 0 Å². The molecule has 160 valence electrons. The minimum Gasteiger partial charge on any atom is -0.475 e. The molecule has 1 fully saturated rings. The zero-order valence-electron chi connectivity index (χ0n) is 15.8. The fraction of sp³-hybridized carbons (Fsp3) is 0.333. The number of fused-ring (bicyclic) bond motifs is 1. The van der Waals surface area contributed by atoms with Crippen LogP contribution in [0.5, 0.6) is 0 Å². The summed E-state index contributed by atoms with van der Waals surface area (Å²) in [4.78, 5) is 15.4. The normalized spacial score (nSPS) is 16.7. The van der Waals surface area contributed by atoms with Crippen molar-refractivity contribution in [3.63, 3.8) is 0 Å². The number of halogens is 3. The van der Waals surface area contributed by atoms with Gasteiger partial charge in [0.15, 0.2) is 5.65 Å². The molecule has 1 atom stereocenters. The second-order valence-corrected chi connectivity index (χ2v) is 6.62. The number of rotatable bonds is 3. The maximum absolute atomic E-state index is 10.6. The van der Waals surface area contributed by atoms with Crippen molar-refractivity contribution in [1.29, 1.82) is 0 Å². The first-order chi connectivity index (χ1) is 14.3. The Morgan fingerprint density at radius 3 is 2.73 bits per heavy atom. The van der Waals surface area contributed by atoms with E-state index in [4.69, 9.17) is 15.6 Å². The minimum atomic E-state index is -5.08. The van der Waals surface area contributed by atoms with Crippen LogP contribution in [-0.4, -0.2) is 56.0 Å². The fourth-order valence-corrected chi connectivity index (χ4v) is 3.04. The van der Waals surface area contributed by atoms with Gasteiger partial charge in [0.25, 0.3) is 0 Å². The molecule has 0 radical (unpaired) electrons. The van der Waals surface area contributed by atoms with Crippen molar-refractivity contribution < 1.29 is 23.1 Å². The van der Waals surface area contributed by atoms with Gasteiger partial charge in [-0.3, -0.25) is 9.38 Å². The lowest BCUT2D eigenvalue weighted by Gasteiger charge is -2.33. The number of hydrogen-bond donors (Lipinski definition) is 3. The van der Waals surface area contributed by atoms with Crippen LogP contribution in [0.2, 0.25) is 0 Å². The summed E-state index contributed by atoms with van der Waals surface area (Å²) in [5.41, 5.74) is 8.94. The number of carboxylic acids is 1. The molecule has 4 heterocycles. The number of pyridine rings is 2. The quantitative estimate of drug-likeness (QED) is 0.587. The molecule has 0 spiro atoms. The molecule has 12 heteroatoms. The number of nitrogens with zero attached hydrogens (tertiary/aromatic N) is 5. The van der Waals surface area contributed by atoms with Crippen LogP contribution in [0.25, 0.3) is 5.65 Å². The number of aliphatic carboxylic acids is 1. The Kier molecular flexibility index (Phi) is 6.35. The summed E-state index contributed by atoms with van der Waals surface area (Å²) in [7, 11) is 0. The summed E-state index contributed by atoms with van der Waals surface area (Å²) < 4.78 is 33.7. The van der Waals surface area contributed by atoms with Crippen LogP contribution < -0.4 is 16.0 Å². The van der Waals surface area contributed by atoms with Gasteiger partial charge in [-0.15, -0.1) is 10.2 Å². The molecule has 30 heavy (non-hydrogen) atoms. The van der Waals surface area contributed by atoms with E-state index in [1.807, 2.05) is 47.3 Å². The molecule has 1 aliphatic rings. The van der Waals surface area contributed by atoms with Gasteiger partial charge in [0.1, 0.15) is 0 Å². The van der Waals surface area contributed by atoms with Gasteiger partial charge in [-0.2, -0.15) is 13.2 Å². The third kappa shape index (κ3) is 5.14. The molecule has 0 unspecified atom stereocenters. The number of anilines is 3. The zero-order valence-corrected chi connectivity index (χ0v) is 15.8. The minimum absolute atomic E-state index is 0.221. The molecule has 0 aromatic carbocycles. The van der Waals surface area contributed by atoms with Crippen molar-refractivity contribution in [3.8, 4) is 0 Å². The first-order valence-electron chi connectivity index (χ1n) is 9.07. The highest BCUT2D eigenvalue weighted by Gasteiger charge is 2.38. The molecule has 4 rings (SSSR count). The van der Waals surface area contributed by atoms with E-state index in [9.17, 15) is 13.2 Å². The van der Waals surface area contributed by atoms with Gasteiger partial charge in [0.05, 0.1) is 17.6 Å². The molecule has 3 aromatic heterocycles. The molecular weight excluding hydrogens is 403 g/mol. The Bertz CT molecular complexity index is 1010. The van der Waals surface area contributed by atoms with E-state index in [-0.39, 0.29) is 6.04 Å². The summed E-state index contributed by atoms with van der Waals surface area (Å²) in [6.45, 7) is 1.87. The molecule has 1 saturated heterocycles. The maximum Gasteiger partial charge on any atom is 0.490 e. The van der Waals surface area contributed by atoms with Crippen LogP contribution in [-0.2, 0) is 4.79 Å². The van der Waals surface area contributed by atoms with Crippen LogP contribution in [0.4, 0.5) is 30.5 Å². The Hall–Kier alpha value is -3.41. The molecule has 0 aliphatic carbocycles. The molecular formula is C18H20F3N7O2. The number of carbonyl (C=O) groups is 1. The van der Waals surface area contributed by atoms with E-state index in [0.717, 1.165) is 43.0 Å². The summed E-state index contributed by atoms with van der Waals surface area (Å²) in [6, 6.07) is 8.06. The Balaban J connectivity index is 0.000000318.